The van der Waals surface area contributed by atoms with Gasteiger partial charge in [0.25, 0.3) is 0 Å². The summed E-state index contributed by atoms with van der Waals surface area (Å²) >= 11 is 0. The van der Waals surface area contributed by atoms with E-state index in [1.807, 2.05) is 18.2 Å². The van der Waals surface area contributed by atoms with Gasteiger partial charge in [0.05, 0.1) is 0 Å². The number of hydrogen-bond donors (Lipinski definition) is 0. The van der Waals surface area contributed by atoms with Crippen LogP contribution in [0.1, 0.15) is 5.69 Å². The van der Waals surface area contributed by atoms with Crippen molar-refractivity contribution in [3.05, 3.63) is 55.6 Å². The quantitative estimate of drug-likeness (QED) is 0.610. The van der Waals surface area contributed by atoms with Crippen molar-refractivity contribution >= 4 is 10.9 Å². The lowest BCUT2D eigenvalue weighted by atomic mass is 10.2. The fourth-order valence-electron chi connectivity index (χ4n) is 1.61. The zero-order chi connectivity index (χ0) is 9.26. The van der Waals surface area contributed by atoms with Gasteiger partial charge in [-0.15, -0.1) is 6.58 Å². The molecule has 0 amide bonds. The normalized spacial score (nSPS) is 10.5. The van der Waals surface area contributed by atoms with Crippen LogP contribution in [0, 0.1) is 6.92 Å². The standard InChI is InChI=1S/C12H12N/c1-3-8-13-10(2)9-11-6-4-5-7-12(11)13/h3-7,9H,1-2,8H2. The molecule has 2 rings (SSSR count). The van der Waals surface area contributed by atoms with E-state index < -0.39 is 0 Å². The number of hydrogen-bond acceptors (Lipinski definition) is 0. The predicted octanol–water partition coefficient (Wildman–Crippen LogP) is 3.01. The van der Waals surface area contributed by atoms with Crippen molar-refractivity contribution in [3.8, 4) is 0 Å². The molecule has 1 heteroatoms. The first-order valence-electron chi connectivity index (χ1n) is 4.34. The van der Waals surface area contributed by atoms with Gasteiger partial charge in [-0.05, 0) is 24.4 Å². The van der Waals surface area contributed by atoms with Crippen molar-refractivity contribution in [3.63, 3.8) is 0 Å². The van der Waals surface area contributed by atoms with E-state index in [1.54, 1.807) is 0 Å². The molecule has 0 aliphatic carbocycles. The van der Waals surface area contributed by atoms with Gasteiger partial charge in [-0.2, -0.15) is 0 Å². The van der Waals surface area contributed by atoms with Crippen LogP contribution in [0.4, 0.5) is 0 Å². The van der Waals surface area contributed by atoms with Crippen LogP contribution >= 0.6 is 0 Å². The van der Waals surface area contributed by atoms with Crippen LogP contribution < -0.4 is 0 Å². The summed E-state index contributed by atoms with van der Waals surface area (Å²) in [5.74, 6) is 0. The Bertz CT molecular complexity index is 437. The zero-order valence-electron chi connectivity index (χ0n) is 7.53. The van der Waals surface area contributed by atoms with Gasteiger partial charge in [0.15, 0.2) is 0 Å². The molecule has 2 aromatic rings. The molecule has 0 atom stereocenters. The molecule has 0 unspecified atom stereocenters. The van der Waals surface area contributed by atoms with Crippen LogP contribution in [0.15, 0.2) is 43.0 Å². The Morgan fingerprint density at radius 3 is 2.85 bits per heavy atom. The highest BCUT2D eigenvalue weighted by Crippen LogP contribution is 2.18. The molecule has 0 bridgehead atoms. The lowest BCUT2D eigenvalue weighted by Gasteiger charge is -2.03. The van der Waals surface area contributed by atoms with Crippen molar-refractivity contribution in [1.29, 1.82) is 0 Å². The highest BCUT2D eigenvalue weighted by Gasteiger charge is 2.01. The number of rotatable bonds is 2. The lowest BCUT2D eigenvalue weighted by Crippen LogP contribution is -1.95. The molecule has 65 valence electrons. The number of fused-ring (bicyclic) bond motifs is 1. The van der Waals surface area contributed by atoms with Gasteiger partial charge in [0.2, 0.25) is 0 Å². The van der Waals surface area contributed by atoms with E-state index in [2.05, 4.69) is 36.3 Å². The third-order valence-electron chi connectivity index (χ3n) is 2.21. The van der Waals surface area contributed by atoms with E-state index in [9.17, 15) is 0 Å². The third-order valence-corrected chi connectivity index (χ3v) is 2.21. The number of nitrogens with zero attached hydrogens (tertiary/aromatic N) is 1. The zero-order valence-corrected chi connectivity index (χ0v) is 7.53. The minimum atomic E-state index is 0.826. The van der Waals surface area contributed by atoms with E-state index in [1.165, 1.54) is 10.9 Å². The second kappa shape index (κ2) is 3.09. The fourth-order valence-corrected chi connectivity index (χ4v) is 1.61. The Morgan fingerprint density at radius 2 is 2.08 bits per heavy atom. The van der Waals surface area contributed by atoms with Gasteiger partial charge in [-0.3, -0.25) is 0 Å². The van der Waals surface area contributed by atoms with Crippen molar-refractivity contribution in [1.82, 2.24) is 4.57 Å². The van der Waals surface area contributed by atoms with E-state index in [4.69, 9.17) is 0 Å². The van der Waals surface area contributed by atoms with E-state index in [0.717, 1.165) is 12.2 Å². The molecular weight excluding hydrogens is 158 g/mol. The monoisotopic (exact) mass is 170 g/mol. The Labute approximate surface area is 78.3 Å². The van der Waals surface area contributed by atoms with E-state index in [-0.39, 0.29) is 0 Å². The molecule has 0 fully saturated rings. The van der Waals surface area contributed by atoms with Crippen molar-refractivity contribution in [2.24, 2.45) is 0 Å². The molecule has 13 heavy (non-hydrogen) atoms. The third kappa shape index (κ3) is 1.26. The second-order valence-electron chi connectivity index (χ2n) is 3.09. The number of allylic oxidation sites excluding steroid dienone is 1. The van der Waals surface area contributed by atoms with E-state index in [0.29, 0.717) is 0 Å². The molecule has 1 aromatic carbocycles. The summed E-state index contributed by atoms with van der Waals surface area (Å²) in [6, 6.07) is 10.4. The van der Waals surface area contributed by atoms with Crippen LogP contribution in [0.3, 0.4) is 0 Å². The highest BCUT2D eigenvalue weighted by atomic mass is 15.0. The average Bonchev–Trinajstić information content (AvgIpc) is 2.44. The summed E-state index contributed by atoms with van der Waals surface area (Å²) in [6.07, 6.45) is 1.89. The molecule has 1 nitrogen and oxygen atoms in total. The minimum absolute atomic E-state index is 0.826. The van der Waals surface area contributed by atoms with Crippen molar-refractivity contribution in [2.75, 3.05) is 0 Å². The molecule has 0 saturated heterocycles. The van der Waals surface area contributed by atoms with Gasteiger partial charge in [-0.1, -0.05) is 24.3 Å². The molecule has 0 saturated carbocycles. The number of benzene rings is 1. The first-order chi connectivity index (χ1) is 6.33. The maximum atomic E-state index is 3.99. The summed E-state index contributed by atoms with van der Waals surface area (Å²) in [7, 11) is 0. The van der Waals surface area contributed by atoms with Crippen LogP contribution in [0.2, 0.25) is 0 Å². The van der Waals surface area contributed by atoms with Gasteiger partial charge >= 0.3 is 0 Å². The first kappa shape index (κ1) is 8.11. The number of aromatic nitrogens is 1. The SMILES string of the molecule is [CH2]c1cc2ccccc2n1CC=C. The molecule has 0 spiro atoms. The molecule has 0 aliphatic heterocycles. The summed E-state index contributed by atoms with van der Waals surface area (Å²) in [5, 5.41) is 1.24. The van der Waals surface area contributed by atoms with Crippen LogP contribution in [-0.4, -0.2) is 4.57 Å². The fraction of sp³-hybridized carbons (Fsp3) is 0.0833. The van der Waals surface area contributed by atoms with Crippen molar-refractivity contribution in [2.45, 2.75) is 6.54 Å². The molecule has 1 radical (unpaired) electrons. The molecular formula is C12H12N. The van der Waals surface area contributed by atoms with Gasteiger partial charge in [0.1, 0.15) is 0 Å². The van der Waals surface area contributed by atoms with Crippen LogP contribution in [-0.2, 0) is 6.54 Å². The summed E-state index contributed by atoms with van der Waals surface area (Å²) in [5.41, 5.74) is 2.27. The minimum Gasteiger partial charge on any atom is -0.341 e. The highest BCUT2D eigenvalue weighted by molar-refractivity contribution is 5.81. The molecule has 1 aromatic heterocycles. The topological polar surface area (TPSA) is 4.93 Å². The summed E-state index contributed by atoms with van der Waals surface area (Å²) in [6.45, 7) is 8.55. The maximum Gasteiger partial charge on any atom is 0.0485 e. The number of para-hydroxylation sites is 1. The van der Waals surface area contributed by atoms with Gasteiger partial charge < -0.3 is 4.57 Å². The van der Waals surface area contributed by atoms with Gasteiger partial charge in [0, 0.05) is 17.8 Å². The second-order valence-corrected chi connectivity index (χ2v) is 3.09. The molecule has 0 aliphatic rings. The lowest BCUT2D eigenvalue weighted by molar-refractivity contribution is 0.847. The van der Waals surface area contributed by atoms with E-state index >= 15 is 0 Å². The maximum absolute atomic E-state index is 3.99. The summed E-state index contributed by atoms with van der Waals surface area (Å²) < 4.78 is 2.16. The van der Waals surface area contributed by atoms with Crippen LogP contribution in [0.25, 0.3) is 10.9 Å². The van der Waals surface area contributed by atoms with Crippen LogP contribution in [0.5, 0.6) is 0 Å². The van der Waals surface area contributed by atoms with Crippen molar-refractivity contribution < 1.29 is 0 Å². The molecule has 1 heterocycles. The first-order valence-corrected chi connectivity index (χ1v) is 4.34. The predicted molar refractivity (Wildman–Crippen MR) is 56.6 cm³/mol. The average molecular weight is 170 g/mol. The Balaban J connectivity index is 2.70. The molecule has 0 N–H and O–H groups in total. The Morgan fingerprint density at radius 1 is 1.31 bits per heavy atom. The smallest absolute Gasteiger partial charge is 0.0485 e. The Hall–Kier alpha value is -1.50. The Kier molecular flexibility index (Phi) is 1.93. The summed E-state index contributed by atoms with van der Waals surface area (Å²) in [4.78, 5) is 0. The van der Waals surface area contributed by atoms with Gasteiger partial charge in [-0.25, -0.2) is 0 Å². The largest absolute Gasteiger partial charge is 0.341 e.